The van der Waals surface area contributed by atoms with Crippen molar-refractivity contribution in [3.63, 3.8) is 0 Å². The molecule has 0 saturated carbocycles. The van der Waals surface area contributed by atoms with Crippen LogP contribution in [0.1, 0.15) is 5.56 Å². The topological polar surface area (TPSA) is 3.88 Å². The number of thiazole rings is 1. The molecule has 2 heterocycles. The maximum absolute atomic E-state index is 2.43. The van der Waals surface area contributed by atoms with E-state index in [0.29, 0.717) is 0 Å². The molecular formula is C12H12BrNS2. The van der Waals surface area contributed by atoms with E-state index in [2.05, 4.69) is 41.1 Å². The minimum atomic E-state index is 0. The first-order valence-corrected chi connectivity index (χ1v) is 6.92. The van der Waals surface area contributed by atoms with Gasteiger partial charge in [0.15, 0.2) is 6.54 Å². The minimum Gasteiger partial charge on any atom is -1.00 e. The van der Waals surface area contributed by atoms with Gasteiger partial charge in [-0.3, -0.25) is 0 Å². The average molecular weight is 314 g/mol. The van der Waals surface area contributed by atoms with Crippen LogP contribution >= 0.6 is 23.1 Å². The molecule has 16 heavy (non-hydrogen) atoms. The van der Waals surface area contributed by atoms with Crippen LogP contribution in [-0.2, 0) is 6.54 Å². The lowest BCUT2D eigenvalue weighted by atomic mass is 10.1. The number of halogens is 1. The van der Waals surface area contributed by atoms with E-state index < -0.39 is 0 Å². The van der Waals surface area contributed by atoms with Crippen LogP contribution in [0.4, 0.5) is 0 Å². The van der Waals surface area contributed by atoms with Gasteiger partial charge in [0.2, 0.25) is 5.69 Å². The Morgan fingerprint density at radius 2 is 1.94 bits per heavy atom. The molecule has 1 aliphatic heterocycles. The van der Waals surface area contributed by atoms with Crippen molar-refractivity contribution in [3.8, 4) is 11.3 Å². The quantitative estimate of drug-likeness (QED) is 0.677. The molecule has 1 aromatic heterocycles. The molecule has 0 spiro atoms. The molecule has 2 aromatic rings. The molecule has 0 aliphatic carbocycles. The molecule has 1 aromatic carbocycles. The van der Waals surface area contributed by atoms with Gasteiger partial charge in [-0.05, 0) is 30.8 Å². The highest BCUT2D eigenvalue weighted by Crippen LogP contribution is 2.30. The van der Waals surface area contributed by atoms with E-state index in [1.54, 1.807) is 0 Å². The summed E-state index contributed by atoms with van der Waals surface area (Å²) >= 11 is 3.83. The van der Waals surface area contributed by atoms with Crippen LogP contribution in [0.25, 0.3) is 11.3 Å². The van der Waals surface area contributed by atoms with E-state index in [1.165, 1.54) is 26.9 Å². The van der Waals surface area contributed by atoms with Gasteiger partial charge in [-0.25, -0.2) is 0 Å². The van der Waals surface area contributed by atoms with Crippen molar-refractivity contribution in [1.29, 1.82) is 0 Å². The number of fused-ring (bicyclic) bond motifs is 1. The normalized spacial score (nSPS) is 13.3. The molecule has 0 N–H and O–H groups in total. The van der Waals surface area contributed by atoms with Gasteiger partial charge in [0.25, 0.3) is 4.34 Å². The minimum absolute atomic E-state index is 0. The number of thioether (sulfide) groups is 1. The van der Waals surface area contributed by atoms with E-state index in [0.717, 1.165) is 6.54 Å². The second-order valence-electron chi connectivity index (χ2n) is 3.75. The van der Waals surface area contributed by atoms with Crippen LogP contribution in [0.5, 0.6) is 0 Å². The maximum Gasteiger partial charge on any atom is 0.298 e. The lowest BCUT2D eigenvalue weighted by Crippen LogP contribution is -3.00. The first-order chi connectivity index (χ1) is 7.34. The number of benzene rings is 1. The second kappa shape index (κ2) is 4.90. The fraction of sp³-hybridized carbons (Fsp3) is 0.250. The Balaban J connectivity index is 0.000000963. The van der Waals surface area contributed by atoms with E-state index >= 15 is 0 Å². The maximum atomic E-state index is 2.43. The summed E-state index contributed by atoms with van der Waals surface area (Å²) in [5.74, 6) is 1.23. The van der Waals surface area contributed by atoms with Crippen molar-refractivity contribution >= 4 is 23.1 Å². The second-order valence-corrected chi connectivity index (χ2v) is 5.95. The zero-order valence-electron chi connectivity index (χ0n) is 8.94. The molecule has 0 radical (unpaired) electrons. The molecule has 1 nitrogen and oxygen atoms in total. The summed E-state index contributed by atoms with van der Waals surface area (Å²) in [6.45, 7) is 3.29. The predicted octanol–water partition coefficient (Wildman–Crippen LogP) is 0.121. The highest BCUT2D eigenvalue weighted by Gasteiger charge is 2.27. The predicted molar refractivity (Wildman–Crippen MR) is 65.4 cm³/mol. The van der Waals surface area contributed by atoms with Gasteiger partial charge >= 0.3 is 0 Å². The lowest BCUT2D eigenvalue weighted by molar-refractivity contribution is -0.706. The van der Waals surface area contributed by atoms with E-state index in [-0.39, 0.29) is 17.0 Å². The Bertz CT molecular complexity index is 490. The van der Waals surface area contributed by atoms with Crippen molar-refractivity contribution in [2.45, 2.75) is 17.8 Å². The number of hydrogen-bond acceptors (Lipinski definition) is 2. The van der Waals surface area contributed by atoms with Crippen LogP contribution in [0.15, 0.2) is 34.0 Å². The number of nitrogens with zero attached hydrogens (tertiary/aromatic N) is 1. The van der Waals surface area contributed by atoms with Gasteiger partial charge in [0.1, 0.15) is 0 Å². The van der Waals surface area contributed by atoms with Crippen LogP contribution in [0.3, 0.4) is 0 Å². The molecule has 3 rings (SSSR count). The summed E-state index contributed by atoms with van der Waals surface area (Å²) in [4.78, 5) is 0. The van der Waals surface area contributed by atoms with Crippen molar-refractivity contribution < 1.29 is 21.5 Å². The van der Waals surface area contributed by atoms with Crippen LogP contribution in [0, 0.1) is 6.92 Å². The van der Waals surface area contributed by atoms with Gasteiger partial charge in [0.05, 0.1) is 11.1 Å². The van der Waals surface area contributed by atoms with Gasteiger partial charge < -0.3 is 17.0 Å². The Kier molecular flexibility index (Phi) is 3.72. The molecule has 0 fully saturated rings. The van der Waals surface area contributed by atoms with Gasteiger partial charge in [-0.15, -0.1) is 0 Å². The summed E-state index contributed by atoms with van der Waals surface area (Å²) in [7, 11) is 0. The van der Waals surface area contributed by atoms with Gasteiger partial charge in [0, 0.05) is 5.56 Å². The molecule has 0 unspecified atom stereocenters. The number of aryl methyl sites for hydroxylation is 1. The molecule has 84 valence electrons. The van der Waals surface area contributed by atoms with Crippen molar-refractivity contribution in [2.75, 3.05) is 5.75 Å². The molecule has 0 saturated heterocycles. The fourth-order valence-electron chi connectivity index (χ4n) is 1.83. The molecule has 0 amide bonds. The van der Waals surface area contributed by atoms with Gasteiger partial charge in [-0.1, -0.05) is 29.0 Å². The summed E-state index contributed by atoms with van der Waals surface area (Å²) in [6, 6.07) is 8.80. The number of rotatable bonds is 1. The Labute approximate surface area is 114 Å². The Morgan fingerprint density at radius 3 is 2.69 bits per heavy atom. The van der Waals surface area contributed by atoms with Crippen molar-refractivity contribution in [3.05, 3.63) is 35.2 Å². The summed E-state index contributed by atoms with van der Waals surface area (Å²) in [5, 5.41) is 2.27. The van der Waals surface area contributed by atoms with Crippen LogP contribution < -0.4 is 21.5 Å². The highest BCUT2D eigenvalue weighted by atomic mass is 79.9. The number of aromatic nitrogens is 1. The van der Waals surface area contributed by atoms with Crippen LogP contribution in [-0.4, -0.2) is 5.75 Å². The summed E-state index contributed by atoms with van der Waals surface area (Å²) in [5.41, 5.74) is 4.04. The van der Waals surface area contributed by atoms with E-state index in [1.807, 2.05) is 23.1 Å². The molecule has 0 atom stereocenters. The third-order valence-electron chi connectivity index (χ3n) is 2.67. The first-order valence-electron chi connectivity index (χ1n) is 5.06. The number of hydrogen-bond donors (Lipinski definition) is 0. The van der Waals surface area contributed by atoms with Crippen molar-refractivity contribution in [2.24, 2.45) is 0 Å². The Hall–Kier alpha value is -0.320. The van der Waals surface area contributed by atoms with Gasteiger partial charge in [-0.2, -0.15) is 4.57 Å². The summed E-state index contributed by atoms with van der Waals surface area (Å²) in [6.07, 6.45) is 0. The highest BCUT2D eigenvalue weighted by molar-refractivity contribution is 8.01. The van der Waals surface area contributed by atoms with Crippen LogP contribution in [0.2, 0.25) is 0 Å². The van der Waals surface area contributed by atoms with E-state index in [9.17, 15) is 0 Å². The Morgan fingerprint density at radius 1 is 1.19 bits per heavy atom. The zero-order valence-corrected chi connectivity index (χ0v) is 12.2. The molecule has 4 heteroatoms. The summed E-state index contributed by atoms with van der Waals surface area (Å²) < 4.78 is 3.88. The largest absolute Gasteiger partial charge is 1.00 e. The van der Waals surface area contributed by atoms with E-state index in [4.69, 9.17) is 0 Å². The zero-order chi connectivity index (χ0) is 10.3. The third kappa shape index (κ3) is 2.06. The molecule has 0 bridgehead atoms. The van der Waals surface area contributed by atoms with Crippen molar-refractivity contribution in [1.82, 2.24) is 0 Å². The molecule has 1 aliphatic rings. The lowest BCUT2D eigenvalue weighted by Gasteiger charge is -1.96. The molecular weight excluding hydrogens is 302 g/mol. The smallest absolute Gasteiger partial charge is 0.298 e. The SMILES string of the molecule is Cc1ccc(-c2csc3[n+]2CCS3)cc1.[Br-]. The fourth-order valence-corrected chi connectivity index (χ4v) is 4.08. The monoisotopic (exact) mass is 313 g/mol. The standard InChI is InChI=1S/C12H12NS2.BrH/c1-9-2-4-10(5-3-9)11-8-15-12-13(11)6-7-14-12;/h2-5,8H,6-7H2,1H3;1H/q+1;/p-1. The average Bonchev–Trinajstić information content (AvgIpc) is 2.80. The third-order valence-corrected chi connectivity index (χ3v) is 4.93. The first kappa shape index (κ1) is 12.1.